The predicted octanol–water partition coefficient (Wildman–Crippen LogP) is 5.41. The van der Waals surface area contributed by atoms with Crippen LogP contribution in [0.1, 0.15) is 24.5 Å². The van der Waals surface area contributed by atoms with E-state index in [0.29, 0.717) is 23.8 Å². The van der Waals surface area contributed by atoms with E-state index in [9.17, 15) is 4.57 Å². The molecule has 1 atom stereocenters. The SMILES string of the molecule is CCCOc1ccccc1NP(C)(=O)Oc1cc(C)cc(C)c1. The lowest BCUT2D eigenvalue weighted by molar-refractivity contribution is 0.319. The van der Waals surface area contributed by atoms with Crippen LogP contribution in [0.4, 0.5) is 5.69 Å². The Hall–Kier alpha value is -1.93. The summed E-state index contributed by atoms with van der Waals surface area (Å²) >= 11 is 0. The van der Waals surface area contributed by atoms with Crippen LogP contribution in [-0.4, -0.2) is 13.3 Å². The number of hydrogen-bond acceptors (Lipinski definition) is 3. The number of para-hydroxylation sites is 2. The number of rotatable bonds is 7. The molecular weight excluding hydrogens is 309 g/mol. The van der Waals surface area contributed by atoms with E-state index in [0.717, 1.165) is 17.5 Å². The molecule has 1 N–H and O–H groups in total. The Morgan fingerprint density at radius 3 is 2.39 bits per heavy atom. The number of ether oxygens (including phenoxy) is 1. The second kappa shape index (κ2) is 7.56. The van der Waals surface area contributed by atoms with Crippen LogP contribution in [0.2, 0.25) is 0 Å². The summed E-state index contributed by atoms with van der Waals surface area (Å²) in [5.74, 6) is 1.29. The van der Waals surface area contributed by atoms with Crippen LogP contribution in [0, 0.1) is 13.8 Å². The van der Waals surface area contributed by atoms with Crippen LogP contribution in [-0.2, 0) is 4.57 Å². The van der Waals surface area contributed by atoms with E-state index in [2.05, 4.69) is 11.2 Å². The first-order valence-electron chi connectivity index (χ1n) is 7.75. The van der Waals surface area contributed by atoms with Crippen molar-refractivity contribution in [2.24, 2.45) is 0 Å². The van der Waals surface area contributed by atoms with E-state index in [4.69, 9.17) is 9.26 Å². The van der Waals surface area contributed by atoms with Crippen molar-refractivity contribution in [3.8, 4) is 11.5 Å². The lowest BCUT2D eigenvalue weighted by Gasteiger charge is -2.20. The maximum Gasteiger partial charge on any atom is 0.338 e. The number of hydrogen-bond donors (Lipinski definition) is 1. The molecule has 2 aromatic rings. The van der Waals surface area contributed by atoms with Gasteiger partial charge in [-0.1, -0.05) is 25.1 Å². The van der Waals surface area contributed by atoms with Crippen molar-refractivity contribution in [1.82, 2.24) is 0 Å². The Kier molecular flexibility index (Phi) is 5.73. The zero-order valence-electron chi connectivity index (χ0n) is 14.1. The summed E-state index contributed by atoms with van der Waals surface area (Å²) in [5, 5.41) is 2.99. The zero-order valence-corrected chi connectivity index (χ0v) is 15.0. The third-order valence-corrected chi connectivity index (χ3v) is 4.35. The van der Waals surface area contributed by atoms with E-state index in [1.54, 1.807) is 6.66 Å². The van der Waals surface area contributed by atoms with Crippen molar-refractivity contribution in [2.45, 2.75) is 27.2 Å². The molecule has 0 aliphatic carbocycles. The molecule has 0 bridgehead atoms. The molecule has 5 heteroatoms. The van der Waals surface area contributed by atoms with Gasteiger partial charge < -0.3 is 14.3 Å². The second-order valence-electron chi connectivity index (χ2n) is 5.72. The number of anilines is 1. The number of aryl methyl sites for hydroxylation is 2. The Labute approximate surface area is 138 Å². The van der Waals surface area contributed by atoms with Crippen LogP contribution < -0.4 is 14.3 Å². The average molecular weight is 333 g/mol. The monoisotopic (exact) mass is 333 g/mol. The third-order valence-electron chi connectivity index (χ3n) is 3.15. The van der Waals surface area contributed by atoms with Crippen LogP contribution >= 0.6 is 7.52 Å². The fourth-order valence-corrected chi connectivity index (χ4v) is 3.50. The first kappa shape index (κ1) is 17.4. The molecule has 0 saturated carbocycles. The highest BCUT2D eigenvalue weighted by Gasteiger charge is 2.19. The molecule has 4 nitrogen and oxygen atoms in total. The molecular formula is C18H24NO3P. The summed E-state index contributed by atoms with van der Waals surface area (Å²) in [6.07, 6.45) is 0.914. The summed E-state index contributed by atoms with van der Waals surface area (Å²) in [6, 6.07) is 13.3. The van der Waals surface area contributed by atoms with Crippen molar-refractivity contribution < 1.29 is 13.8 Å². The summed E-state index contributed by atoms with van der Waals surface area (Å²) in [7, 11) is -3.07. The Morgan fingerprint density at radius 2 is 1.74 bits per heavy atom. The standard InChI is InChI=1S/C18H24NO3P/c1-5-10-21-18-9-7-6-8-17(18)19-23(4,20)22-16-12-14(2)11-15(3)13-16/h6-9,11-13H,5,10H2,1-4H3,(H,19,20). The van der Waals surface area contributed by atoms with Gasteiger partial charge in [-0.3, -0.25) is 4.57 Å². The molecule has 0 radical (unpaired) electrons. The third kappa shape index (κ3) is 5.33. The second-order valence-corrected chi connectivity index (χ2v) is 7.81. The number of nitrogens with one attached hydrogen (secondary N) is 1. The molecule has 23 heavy (non-hydrogen) atoms. The van der Waals surface area contributed by atoms with Crippen molar-refractivity contribution in [3.05, 3.63) is 53.6 Å². The minimum absolute atomic E-state index is 0.604. The summed E-state index contributed by atoms with van der Waals surface area (Å²) in [5.41, 5.74) is 2.83. The quantitative estimate of drug-likeness (QED) is 0.689. The lowest BCUT2D eigenvalue weighted by Crippen LogP contribution is -2.05. The fourth-order valence-electron chi connectivity index (χ4n) is 2.33. The summed E-state index contributed by atoms with van der Waals surface area (Å²) < 4.78 is 24.2. The van der Waals surface area contributed by atoms with Gasteiger partial charge in [-0.25, -0.2) is 0 Å². The van der Waals surface area contributed by atoms with Gasteiger partial charge in [0.2, 0.25) is 0 Å². The van der Waals surface area contributed by atoms with Gasteiger partial charge in [0.05, 0.1) is 12.3 Å². The molecule has 0 aromatic heterocycles. The molecule has 0 aliphatic heterocycles. The maximum atomic E-state index is 12.8. The normalized spacial score (nSPS) is 13.2. The fraction of sp³-hybridized carbons (Fsp3) is 0.333. The van der Waals surface area contributed by atoms with Crippen molar-refractivity contribution in [1.29, 1.82) is 0 Å². The molecule has 2 aromatic carbocycles. The molecule has 1 unspecified atom stereocenters. The highest BCUT2D eigenvalue weighted by molar-refractivity contribution is 7.60. The van der Waals surface area contributed by atoms with Crippen LogP contribution in [0.5, 0.6) is 11.5 Å². The van der Waals surface area contributed by atoms with Crippen LogP contribution in [0.15, 0.2) is 42.5 Å². The van der Waals surface area contributed by atoms with Gasteiger partial charge >= 0.3 is 7.52 Å². The van der Waals surface area contributed by atoms with E-state index >= 15 is 0 Å². The van der Waals surface area contributed by atoms with E-state index in [1.807, 2.05) is 57.2 Å². The molecule has 0 heterocycles. The largest absolute Gasteiger partial charge is 0.491 e. The van der Waals surface area contributed by atoms with Gasteiger partial charge in [-0.05, 0) is 55.7 Å². The summed E-state index contributed by atoms with van der Waals surface area (Å²) in [4.78, 5) is 0. The molecule has 0 fully saturated rings. The molecule has 0 saturated heterocycles. The van der Waals surface area contributed by atoms with Crippen LogP contribution in [0.25, 0.3) is 0 Å². The van der Waals surface area contributed by atoms with Gasteiger partial charge in [0, 0.05) is 6.66 Å². The van der Waals surface area contributed by atoms with Crippen molar-refractivity contribution in [3.63, 3.8) is 0 Å². The minimum Gasteiger partial charge on any atom is -0.491 e. The summed E-state index contributed by atoms with van der Waals surface area (Å²) in [6.45, 7) is 8.21. The minimum atomic E-state index is -3.07. The molecule has 0 spiro atoms. The van der Waals surface area contributed by atoms with Gasteiger partial charge in [0.15, 0.2) is 0 Å². The first-order valence-corrected chi connectivity index (χ1v) is 9.82. The highest BCUT2D eigenvalue weighted by Crippen LogP contribution is 2.45. The molecule has 2 rings (SSSR count). The van der Waals surface area contributed by atoms with Crippen molar-refractivity contribution in [2.75, 3.05) is 18.4 Å². The molecule has 124 valence electrons. The lowest BCUT2D eigenvalue weighted by atomic mass is 10.1. The van der Waals surface area contributed by atoms with Gasteiger partial charge in [0.1, 0.15) is 11.5 Å². The Balaban J connectivity index is 2.16. The first-order chi connectivity index (χ1) is 10.9. The molecule has 0 amide bonds. The predicted molar refractivity (Wildman–Crippen MR) is 95.9 cm³/mol. The molecule has 0 aliphatic rings. The highest BCUT2D eigenvalue weighted by atomic mass is 31.2. The average Bonchev–Trinajstić information content (AvgIpc) is 2.44. The Morgan fingerprint density at radius 1 is 1.09 bits per heavy atom. The van der Waals surface area contributed by atoms with Gasteiger partial charge in [-0.15, -0.1) is 0 Å². The van der Waals surface area contributed by atoms with E-state index < -0.39 is 7.52 Å². The van der Waals surface area contributed by atoms with Crippen LogP contribution in [0.3, 0.4) is 0 Å². The topological polar surface area (TPSA) is 47.6 Å². The van der Waals surface area contributed by atoms with Crippen molar-refractivity contribution >= 4 is 13.2 Å². The van der Waals surface area contributed by atoms with Gasteiger partial charge in [0.25, 0.3) is 0 Å². The Bertz CT molecular complexity index is 695. The number of benzene rings is 2. The zero-order chi connectivity index (χ0) is 16.9. The van der Waals surface area contributed by atoms with E-state index in [-0.39, 0.29) is 0 Å². The smallest absolute Gasteiger partial charge is 0.338 e. The van der Waals surface area contributed by atoms with E-state index in [1.165, 1.54) is 0 Å². The van der Waals surface area contributed by atoms with Gasteiger partial charge in [-0.2, -0.15) is 0 Å². The maximum absolute atomic E-state index is 12.8.